The van der Waals surface area contributed by atoms with Crippen molar-refractivity contribution in [2.75, 3.05) is 0 Å². The van der Waals surface area contributed by atoms with Crippen molar-refractivity contribution >= 4 is 0 Å². The molecule has 0 atom stereocenters. The van der Waals surface area contributed by atoms with Gasteiger partial charge in [0.2, 0.25) is 0 Å². The van der Waals surface area contributed by atoms with Crippen LogP contribution in [-0.4, -0.2) is 10.3 Å². The number of nitrogens with one attached hydrogen (secondary N) is 1. The van der Waals surface area contributed by atoms with Gasteiger partial charge in [-0.15, -0.1) is 10.1 Å². The molecule has 0 radical (unpaired) electrons. The summed E-state index contributed by atoms with van der Waals surface area (Å²) < 4.78 is 0. The Balaban J connectivity index is 0.000000399. The lowest BCUT2D eigenvalue weighted by Gasteiger charge is -2.04. The summed E-state index contributed by atoms with van der Waals surface area (Å²) in [7, 11) is 0. The van der Waals surface area contributed by atoms with Gasteiger partial charge in [-0.25, -0.2) is 0 Å². The smallest absolute Gasteiger partial charge is 0.291 e. The maximum absolute atomic E-state index is 8.36. The Morgan fingerprint density at radius 3 is 1.53 bits per heavy atom. The Labute approximate surface area is 111 Å². The molecular formula is C14H16N2O3. The Morgan fingerprint density at radius 1 is 0.895 bits per heavy atom. The first kappa shape index (κ1) is 14.7. The zero-order valence-corrected chi connectivity index (χ0v) is 10.4. The van der Waals surface area contributed by atoms with Crippen LogP contribution in [0.3, 0.4) is 0 Å². The van der Waals surface area contributed by atoms with E-state index in [-0.39, 0.29) is 0 Å². The van der Waals surface area contributed by atoms with Crippen LogP contribution in [-0.2, 0) is 13.1 Å². The van der Waals surface area contributed by atoms with E-state index in [1.807, 2.05) is 12.1 Å². The molecule has 2 N–H and O–H groups in total. The molecular weight excluding hydrogens is 244 g/mol. The van der Waals surface area contributed by atoms with Gasteiger partial charge in [-0.2, -0.15) is 0 Å². The van der Waals surface area contributed by atoms with Gasteiger partial charge in [0, 0.05) is 13.1 Å². The van der Waals surface area contributed by atoms with E-state index in [4.69, 9.17) is 15.3 Å². The lowest BCUT2D eigenvalue weighted by atomic mass is 10.2. The van der Waals surface area contributed by atoms with E-state index < -0.39 is 5.09 Å². The Bertz CT molecular complexity index is 431. The van der Waals surface area contributed by atoms with Crippen LogP contribution in [0.25, 0.3) is 0 Å². The summed E-state index contributed by atoms with van der Waals surface area (Å²) in [5, 5.41) is 17.1. The third kappa shape index (κ3) is 7.51. The van der Waals surface area contributed by atoms with E-state index in [1.54, 1.807) is 0 Å². The summed E-state index contributed by atoms with van der Waals surface area (Å²) >= 11 is 0. The summed E-state index contributed by atoms with van der Waals surface area (Å²) in [4.78, 5) is 8.36. The first-order chi connectivity index (χ1) is 9.18. The molecule has 0 saturated heterocycles. The molecule has 0 aromatic heterocycles. The quantitative estimate of drug-likeness (QED) is 0.654. The Hall–Kier alpha value is -2.40. The van der Waals surface area contributed by atoms with Crippen LogP contribution in [0.2, 0.25) is 0 Å². The highest BCUT2D eigenvalue weighted by atomic mass is 16.9. The van der Waals surface area contributed by atoms with Crippen molar-refractivity contribution in [3.05, 3.63) is 81.9 Å². The van der Waals surface area contributed by atoms with Gasteiger partial charge in [0.15, 0.2) is 0 Å². The van der Waals surface area contributed by atoms with Crippen LogP contribution in [0, 0.1) is 10.1 Å². The number of benzene rings is 2. The average molecular weight is 260 g/mol. The van der Waals surface area contributed by atoms with Crippen LogP contribution < -0.4 is 5.32 Å². The van der Waals surface area contributed by atoms with Crippen LogP contribution in [0.1, 0.15) is 11.1 Å². The summed E-state index contributed by atoms with van der Waals surface area (Å²) in [6.07, 6.45) is 0. The molecule has 0 saturated carbocycles. The van der Waals surface area contributed by atoms with E-state index in [0.717, 1.165) is 13.1 Å². The normalized spacial score (nSPS) is 9.26. The second-order valence-electron chi connectivity index (χ2n) is 3.81. The third-order valence-electron chi connectivity index (χ3n) is 2.34. The summed E-state index contributed by atoms with van der Waals surface area (Å²) in [6, 6.07) is 20.9. The minimum Gasteiger partial charge on any atom is -0.328 e. The topological polar surface area (TPSA) is 75.4 Å². The maximum atomic E-state index is 8.36. The van der Waals surface area contributed by atoms with E-state index in [2.05, 4.69) is 53.8 Å². The minimum absolute atomic E-state index is 0.926. The fraction of sp³-hybridized carbons (Fsp3) is 0.143. The molecule has 5 nitrogen and oxygen atoms in total. The molecule has 0 bridgehead atoms. The molecule has 2 aromatic rings. The van der Waals surface area contributed by atoms with E-state index >= 15 is 0 Å². The lowest BCUT2D eigenvalue weighted by molar-refractivity contribution is -0.742. The van der Waals surface area contributed by atoms with Crippen molar-refractivity contribution in [2.24, 2.45) is 0 Å². The molecule has 2 rings (SSSR count). The number of rotatable bonds is 4. The predicted octanol–water partition coefficient (Wildman–Crippen LogP) is 2.63. The van der Waals surface area contributed by atoms with Crippen LogP contribution in [0.4, 0.5) is 0 Å². The van der Waals surface area contributed by atoms with Crippen molar-refractivity contribution in [2.45, 2.75) is 13.1 Å². The standard InChI is InChI=1S/C14H15N.HNO3/c1-3-7-13(8-4-1)11-15-12-14-9-5-2-6-10-14;2-1(3)4/h1-10,15H,11-12H2;(H,2,3,4). The summed E-state index contributed by atoms with van der Waals surface area (Å²) in [6.45, 7) is 1.85. The lowest BCUT2D eigenvalue weighted by Crippen LogP contribution is -2.12. The van der Waals surface area contributed by atoms with Gasteiger partial charge in [0.05, 0.1) is 0 Å². The van der Waals surface area contributed by atoms with Gasteiger partial charge in [0.25, 0.3) is 5.09 Å². The molecule has 0 fully saturated rings. The van der Waals surface area contributed by atoms with Gasteiger partial charge in [0.1, 0.15) is 0 Å². The highest BCUT2D eigenvalue weighted by molar-refractivity contribution is 5.16. The van der Waals surface area contributed by atoms with Gasteiger partial charge < -0.3 is 10.5 Å². The Kier molecular flexibility index (Phi) is 6.68. The molecule has 0 amide bonds. The number of hydrogen-bond donors (Lipinski definition) is 2. The molecule has 5 heteroatoms. The molecule has 19 heavy (non-hydrogen) atoms. The van der Waals surface area contributed by atoms with Crippen LogP contribution in [0.15, 0.2) is 60.7 Å². The second kappa shape index (κ2) is 8.66. The van der Waals surface area contributed by atoms with Crippen LogP contribution >= 0.6 is 0 Å². The Morgan fingerprint density at radius 2 is 1.21 bits per heavy atom. The SMILES string of the molecule is O=[N+]([O-])O.c1ccc(CNCc2ccccc2)cc1. The molecule has 2 aromatic carbocycles. The first-order valence-electron chi connectivity index (χ1n) is 5.80. The van der Waals surface area contributed by atoms with Crippen molar-refractivity contribution in [3.63, 3.8) is 0 Å². The van der Waals surface area contributed by atoms with E-state index in [0.29, 0.717) is 0 Å². The zero-order valence-electron chi connectivity index (χ0n) is 10.4. The largest absolute Gasteiger partial charge is 0.328 e. The first-order valence-corrected chi connectivity index (χ1v) is 5.80. The molecule has 0 heterocycles. The predicted molar refractivity (Wildman–Crippen MR) is 72.2 cm³/mol. The molecule has 0 aliphatic carbocycles. The molecule has 0 unspecified atom stereocenters. The van der Waals surface area contributed by atoms with Crippen LogP contribution in [0.5, 0.6) is 0 Å². The average Bonchev–Trinajstić information content (AvgIpc) is 2.41. The van der Waals surface area contributed by atoms with E-state index in [1.165, 1.54) is 11.1 Å². The van der Waals surface area contributed by atoms with Gasteiger partial charge in [-0.3, -0.25) is 0 Å². The van der Waals surface area contributed by atoms with Crippen molar-refractivity contribution in [3.8, 4) is 0 Å². The molecule has 0 spiro atoms. The summed E-state index contributed by atoms with van der Waals surface area (Å²) in [5.74, 6) is 0. The van der Waals surface area contributed by atoms with Gasteiger partial charge >= 0.3 is 0 Å². The molecule has 0 aliphatic rings. The molecule has 0 aliphatic heterocycles. The zero-order chi connectivity index (χ0) is 13.9. The minimum atomic E-state index is -1.50. The van der Waals surface area contributed by atoms with Crippen molar-refractivity contribution < 1.29 is 10.3 Å². The fourth-order valence-electron chi connectivity index (χ4n) is 1.54. The fourth-order valence-corrected chi connectivity index (χ4v) is 1.54. The third-order valence-corrected chi connectivity index (χ3v) is 2.34. The monoisotopic (exact) mass is 260 g/mol. The molecule has 100 valence electrons. The van der Waals surface area contributed by atoms with Gasteiger partial charge in [-0.1, -0.05) is 60.7 Å². The number of nitrogens with zero attached hydrogens (tertiary/aromatic N) is 1. The highest BCUT2D eigenvalue weighted by Crippen LogP contribution is 2.00. The van der Waals surface area contributed by atoms with E-state index in [9.17, 15) is 0 Å². The maximum Gasteiger partial charge on any atom is 0.291 e. The second-order valence-corrected chi connectivity index (χ2v) is 3.81. The van der Waals surface area contributed by atoms with Gasteiger partial charge in [-0.05, 0) is 11.1 Å². The van der Waals surface area contributed by atoms with Crippen molar-refractivity contribution in [1.82, 2.24) is 5.32 Å². The number of hydrogen-bond acceptors (Lipinski definition) is 3. The van der Waals surface area contributed by atoms with Crippen molar-refractivity contribution in [1.29, 1.82) is 0 Å². The summed E-state index contributed by atoms with van der Waals surface area (Å²) in [5.41, 5.74) is 2.65. The highest BCUT2D eigenvalue weighted by Gasteiger charge is 1.92.